The third-order valence-electron chi connectivity index (χ3n) is 3.49. The zero-order valence-corrected chi connectivity index (χ0v) is 11.2. The second-order valence-corrected chi connectivity index (χ2v) is 4.99. The van der Waals surface area contributed by atoms with Gasteiger partial charge in [0, 0.05) is 25.8 Å². The lowest BCUT2D eigenvalue weighted by molar-refractivity contribution is -0.124. The van der Waals surface area contributed by atoms with Gasteiger partial charge in [-0.05, 0) is 33.4 Å². The van der Waals surface area contributed by atoms with Crippen molar-refractivity contribution in [1.82, 2.24) is 10.2 Å². The quantitative estimate of drug-likeness (QED) is 0.686. The smallest absolute Gasteiger partial charge is 0.238 e. The molecule has 1 aliphatic heterocycles. The van der Waals surface area contributed by atoms with Crippen molar-refractivity contribution in [3.05, 3.63) is 0 Å². The van der Waals surface area contributed by atoms with Gasteiger partial charge in [-0.15, -0.1) is 0 Å². The summed E-state index contributed by atoms with van der Waals surface area (Å²) >= 11 is 0. The molecule has 5 heteroatoms. The van der Waals surface area contributed by atoms with E-state index in [1.807, 2.05) is 13.8 Å². The van der Waals surface area contributed by atoms with Gasteiger partial charge in [0.05, 0.1) is 0 Å². The fourth-order valence-electron chi connectivity index (χ4n) is 2.36. The van der Waals surface area contributed by atoms with E-state index in [1.165, 1.54) is 0 Å². The van der Waals surface area contributed by atoms with Crippen LogP contribution in [0.4, 0.5) is 0 Å². The maximum absolute atomic E-state index is 11.5. The summed E-state index contributed by atoms with van der Waals surface area (Å²) in [5.41, 5.74) is 4.83. The average molecular weight is 243 g/mol. The molecule has 5 nitrogen and oxygen atoms in total. The number of amides is 1. The summed E-state index contributed by atoms with van der Waals surface area (Å²) in [6.07, 6.45) is 2.05. The zero-order chi connectivity index (χ0) is 12.9. The van der Waals surface area contributed by atoms with Crippen LogP contribution in [0.3, 0.4) is 0 Å². The van der Waals surface area contributed by atoms with Crippen LogP contribution in [-0.2, 0) is 9.53 Å². The Bertz CT molecular complexity index is 254. The molecule has 100 valence electrons. The Labute approximate surface area is 104 Å². The predicted molar refractivity (Wildman–Crippen MR) is 67.7 cm³/mol. The molecule has 1 rings (SSSR count). The molecule has 1 unspecified atom stereocenters. The van der Waals surface area contributed by atoms with Gasteiger partial charge in [-0.1, -0.05) is 6.92 Å². The SMILES string of the molecule is CCNC(C)(CN(C)C1CCOCC1)C(N)=O. The molecule has 1 saturated heterocycles. The molecule has 0 aromatic heterocycles. The van der Waals surface area contributed by atoms with Gasteiger partial charge in [-0.25, -0.2) is 0 Å². The topological polar surface area (TPSA) is 67.6 Å². The summed E-state index contributed by atoms with van der Waals surface area (Å²) in [6.45, 7) is 6.85. The van der Waals surface area contributed by atoms with E-state index in [1.54, 1.807) is 0 Å². The van der Waals surface area contributed by atoms with Crippen molar-refractivity contribution in [1.29, 1.82) is 0 Å². The van der Waals surface area contributed by atoms with E-state index in [0.717, 1.165) is 32.6 Å². The number of carbonyl (C=O) groups excluding carboxylic acids is 1. The molecule has 0 radical (unpaired) electrons. The lowest BCUT2D eigenvalue weighted by Gasteiger charge is -2.37. The minimum Gasteiger partial charge on any atom is -0.381 e. The summed E-state index contributed by atoms with van der Waals surface area (Å²) in [6, 6.07) is 0.487. The van der Waals surface area contributed by atoms with E-state index in [9.17, 15) is 4.79 Å². The van der Waals surface area contributed by atoms with E-state index in [-0.39, 0.29) is 5.91 Å². The number of likely N-dealkylation sites (N-methyl/N-ethyl adjacent to an activating group) is 2. The van der Waals surface area contributed by atoms with Crippen LogP contribution in [-0.4, -0.2) is 55.7 Å². The molecular formula is C12H25N3O2. The molecule has 0 saturated carbocycles. The summed E-state index contributed by atoms with van der Waals surface area (Å²) in [5, 5.41) is 3.18. The van der Waals surface area contributed by atoms with Crippen LogP contribution >= 0.6 is 0 Å². The molecule has 0 aromatic rings. The average Bonchev–Trinajstić information content (AvgIpc) is 2.30. The normalized spacial score (nSPS) is 21.4. The van der Waals surface area contributed by atoms with E-state index < -0.39 is 5.54 Å². The largest absolute Gasteiger partial charge is 0.381 e. The van der Waals surface area contributed by atoms with Crippen LogP contribution in [0.2, 0.25) is 0 Å². The first-order valence-corrected chi connectivity index (χ1v) is 6.32. The molecule has 0 spiro atoms. The minimum atomic E-state index is -0.651. The molecule has 0 aliphatic carbocycles. The highest BCUT2D eigenvalue weighted by Gasteiger charge is 2.33. The van der Waals surface area contributed by atoms with Crippen molar-refractivity contribution in [3.63, 3.8) is 0 Å². The van der Waals surface area contributed by atoms with Crippen molar-refractivity contribution in [2.45, 2.75) is 38.3 Å². The monoisotopic (exact) mass is 243 g/mol. The second kappa shape index (κ2) is 6.33. The molecule has 3 N–H and O–H groups in total. The lowest BCUT2D eigenvalue weighted by atomic mass is 9.98. The van der Waals surface area contributed by atoms with E-state index in [2.05, 4.69) is 17.3 Å². The maximum atomic E-state index is 11.5. The number of nitrogens with zero attached hydrogens (tertiary/aromatic N) is 1. The fraction of sp³-hybridized carbons (Fsp3) is 0.917. The number of hydrogen-bond donors (Lipinski definition) is 2. The van der Waals surface area contributed by atoms with E-state index >= 15 is 0 Å². The van der Waals surface area contributed by atoms with Crippen molar-refractivity contribution in [3.8, 4) is 0 Å². The van der Waals surface area contributed by atoms with Crippen molar-refractivity contribution in [2.75, 3.05) is 33.4 Å². The van der Waals surface area contributed by atoms with Gasteiger partial charge in [0.15, 0.2) is 0 Å². The van der Waals surface area contributed by atoms with Gasteiger partial charge in [0.25, 0.3) is 0 Å². The van der Waals surface area contributed by atoms with Crippen LogP contribution in [0.5, 0.6) is 0 Å². The van der Waals surface area contributed by atoms with Gasteiger partial charge < -0.3 is 20.7 Å². The fourth-order valence-corrected chi connectivity index (χ4v) is 2.36. The summed E-state index contributed by atoms with van der Waals surface area (Å²) in [5.74, 6) is -0.293. The third-order valence-corrected chi connectivity index (χ3v) is 3.49. The molecule has 1 heterocycles. The molecule has 17 heavy (non-hydrogen) atoms. The highest BCUT2D eigenvalue weighted by atomic mass is 16.5. The van der Waals surface area contributed by atoms with Gasteiger partial charge in [-0.2, -0.15) is 0 Å². The lowest BCUT2D eigenvalue weighted by Crippen LogP contribution is -2.60. The van der Waals surface area contributed by atoms with Gasteiger partial charge >= 0.3 is 0 Å². The zero-order valence-electron chi connectivity index (χ0n) is 11.2. The molecule has 1 aliphatic rings. The summed E-state index contributed by atoms with van der Waals surface area (Å²) in [7, 11) is 2.05. The van der Waals surface area contributed by atoms with Crippen LogP contribution in [0, 0.1) is 0 Å². The molecular weight excluding hydrogens is 218 g/mol. The van der Waals surface area contributed by atoms with Gasteiger partial charge in [0.2, 0.25) is 5.91 Å². The molecule has 0 aromatic carbocycles. The Balaban J connectivity index is 2.56. The number of carbonyl (C=O) groups is 1. The van der Waals surface area contributed by atoms with E-state index in [0.29, 0.717) is 12.6 Å². The summed E-state index contributed by atoms with van der Waals surface area (Å²) in [4.78, 5) is 13.8. The van der Waals surface area contributed by atoms with Crippen molar-refractivity contribution >= 4 is 5.91 Å². The third kappa shape index (κ3) is 3.94. The highest BCUT2D eigenvalue weighted by molar-refractivity contribution is 5.84. The minimum absolute atomic E-state index is 0.293. The Morgan fingerprint density at radius 3 is 2.59 bits per heavy atom. The first-order valence-electron chi connectivity index (χ1n) is 6.32. The Hall–Kier alpha value is -0.650. The molecule has 1 atom stereocenters. The Morgan fingerprint density at radius 1 is 1.53 bits per heavy atom. The Kier molecular flexibility index (Phi) is 5.36. The molecule has 1 fully saturated rings. The Morgan fingerprint density at radius 2 is 2.12 bits per heavy atom. The number of hydrogen-bond acceptors (Lipinski definition) is 4. The number of primary amides is 1. The number of nitrogens with one attached hydrogen (secondary N) is 1. The van der Waals surface area contributed by atoms with Gasteiger partial charge in [-0.3, -0.25) is 4.79 Å². The standard InChI is InChI=1S/C12H25N3O2/c1-4-14-12(2,11(13)16)9-15(3)10-5-7-17-8-6-10/h10,14H,4-9H2,1-3H3,(H2,13,16). The van der Waals surface area contributed by atoms with E-state index in [4.69, 9.17) is 10.5 Å². The first kappa shape index (κ1) is 14.4. The number of ether oxygens (including phenoxy) is 1. The van der Waals surface area contributed by atoms with Crippen LogP contribution < -0.4 is 11.1 Å². The van der Waals surface area contributed by atoms with Crippen LogP contribution in [0.15, 0.2) is 0 Å². The maximum Gasteiger partial charge on any atom is 0.238 e. The van der Waals surface area contributed by atoms with Crippen LogP contribution in [0.1, 0.15) is 26.7 Å². The summed E-state index contributed by atoms with van der Waals surface area (Å²) < 4.78 is 5.34. The first-order chi connectivity index (χ1) is 7.99. The number of rotatable bonds is 6. The van der Waals surface area contributed by atoms with Gasteiger partial charge in [0.1, 0.15) is 5.54 Å². The molecule has 0 bridgehead atoms. The second-order valence-electron chi connectivity index (χ2n) is 4.99. The predicted octanol–water partition coefficient (Wildman–Crippen LogP) is -0.0493. The highest BCUT2D eigenvalue weighted by Crippen LogP contribution is 2.15. The molecule has 1 amide bonds. The van der Waals surface area contributed by atoms with Crippen LogP contribution in [0.25, 0.3) is 0 Å². The van der Waals surface area contributed by atoms with Crippen molar-refractivity contribution in [2.24, 2.45) is 5.73 Å². The number of nitrogens with two attached hydrogens (primary N) is 1. The van der Waals surface area contributed by atoms with Crippen molar-refractivity contribution < 1.29 is 9.53 Å².